The number of aromatic nitrogens is 4. The molecule has 7 heteroatoms. The summed E-state index contributed by atoms with van der Waals surface area (Å²) in [5, 5.41) is 3.52. The van der Waals surface area contributed by atoms with E-state index in [0.717, 1.165) is 17.0 Å². The van der Waals surface area contributed by atoms with Crippen LogP contribution in [0.5, 0.6) is 0 Å². The molecule has 0 radical (unpaired) electrons. The molecule has 0 amide bonds. The van der Waals surface area contributed by atoms with Crippen LogP contribution in [0.1, 0.15) is 38.8 Å². The Morgan fingerprint density at radius 1 is 1.14 bits per heavy atom. The molecular formula is C15H19N5O2. The van der Waals surface area contributed by atoms with Gasteiger partial charge >= 0.3 is 0 Å². The van der Waals surface area contributed by atoms with E-state index in [1.54, 1.807) is 12.7 Å². The van der Waals surface area contributed by atoms with Gasteiger partial charge in [-0.25, -0.2) is 15.0 Å². The number of fused-ring (bicyclic) bond motifs is 2. The summed E-state index contributed by atoms with van der Waals surface area (Å²) < 4.78 is 13.6. The first-order valence-corrected chi connectivity index (χ1v) is 8.06. The van der Waals surface area contributed by atoms with Gasteiger partial charge in [0.05, 0.1) is 12.4 Å². The Kier molecular flexibility index (Phi) is 2.69. The van der Waals surface area contributed by atoms with Crippen molar-refractivity contribution in [2.45, 2.75) is 63.2 Å². The Hall–Kier alpha value is -1.73. The van der Waals surface area contributed by atoms with E-state index < -0.39 is 0 Å². The van der Waals surface area contributed by atoms with E-state index in [1.165, 1.54) is 25.7 Å². The number of hydrogen-bond acceptors (Lipinski definition) is 6. The highest BCUT2D eigenvalue weighted by Gasteiger charge is 2.57. The highest BCUT2D eigenvalue weighted by Crippen LogP contribution is 2.45. The third kappa shape index (κ3) is 1.85. The van der Waals surface area contributed by atoms with E-state index in [1.807, 2.05) is 11.5 Å². The van der Waals surface area contributed by atoms with E-state index in [0.29, 0.717) is 6.04 Å². The molecule has 22 heavy (non-hydrogen) atoms. The van der Waals surface area contributed by atoms with Gasteiger partial charge in [0, 0.05) is 6.04 Å². The highest BCUT2D eigenvalue weighted by atomic mass is 16.7. The molecule has 0 spiro atoms. The Morgan fingerprint density at radius 3 is 2.73 bits per heavy atom. The fourth-order valence-corrected chi connectivity index (χ4v) is 3.75. The molecule has 2 aromatic heterocycles. The molecule has 1 N–H and O–H groups in total. The number of ether oxygens (including phenoxy) is 2. The maximum absolute atomic E-state index is 5.97. The predicted molar refractivity (Wildman–Crippen MR) is 79.4 cm³/mol. The van der Waals surface area contributed by atoms with Gasteiger partial charge in [-0.2, -0.15) is 0 Å². The second-order valence-corrected chi connectivity index (χ2v) is 6.47. The van der Waals surface area contributed by atoms with Crippen LogP contribution in [0.3, 0.4) is 0 Å². The van der Waals surface area contributed by atoms with Crippen molar-refractivity contribution >= 4 is 17.0 Å². The summed E-state index contributed by atoms with van der Waals surface area (Å²) in [6, 6.07) is 0.502. The van der Waals surface area contributed by atoms with Crippen molar-refractivity contribution in [3.63, 3.8) is 0 Å². The molecule has 5 rings (SSSR count). The fourth-order valence-electron chi connectivity index (χ4n) is 3.75. The van der Waals surface area contributed by atoms with E-state index in [-0.39, 0.29) is 24.5 Å². The SMILES string of the molecule is C[C@H]1O[C@@H](n2cnc3c(NC4CCCC4)ncnc32)[C@@H]2O[C@@H]21. The van der Waals surface area contributed by atoms with Crippen LogP contribution in [0, 0.1) is 0 Å². The first-order chi connectivity index (χ1) is 10.8. The van der Waals surface area contributed by atoms with Gasteiger partial charge in [-0.1, -0.05) is 12.8 Å². The topological polar surface area (TPSA) is 77.4 Å². The summed E-state index contributed by atoms with van der Waals surface area (Å²) in [6.45, 7) is 2.05. The van der Waals surface area contributed by atoms with Crippen LogP contribution in [-0.4, -0.2) is 43.9 Å². The van der Waals surface area contributed by atoms with Crippen molar-refractivity contribution in [3.8, 4) is 0 Å². The monoisotopic (exact) mass is 301 g/mol. The molecule has 3 aliphatic rings. The predicted octanol–water partition coefficient (Wildman–Crippen LogP) is 1.87. The summed E-state index contributed by atoms with van der Waals surface area (Å²) in [5.74, 6) is 0.829. The number of nitrogens with zero attached hydrogens (tertiary/aromatic N) is 4. The average Bonchev–Trinajstić information content (AvgIpc) is 2.86. The Balaban J connectivity index is 1.49. The Morgan fingerprint density at radius 2 is 2.00 bits per heavy atom. The maximum atomic E-state index is 5.97. The first kappa shape index (κ1) is 12.8. The molecule has 2 aliphatic heterocycles. The number of hydrogen-bond donors (Lipinski definition) is 1. The van der Waals surface area contributed by atoms with Crippen LogP contribution in [0.4, 0.5) is 5.82 Å². The number of anilines is 1. The number of nitrogens with one attached hydrogen (secondary N) is 1. The molecule has 0 bridgehead atoms. The number of epoxide rings is 1. The Bertz CT molecular complexity index is 711. The summed E-state index contributed by atoms with van der Waals surface area (Å²) in [5.41, 5.74) is 1.62. The van der Waals surface area contributed by atoms with Crippen molar-refractivity contribution in [2.75, 3.05) is 5.32 Å². The summed E-state index contributed by atoms with van der Waals surface area (Å²) >= 11 is 0. The van der Waals surface area contributed by atoms with Gasteiger partial charge in [-0.3, -0.25) is 4.57 Å². The minimum atomic E-state index is -0.126. The lowest BCUT2D eigenvalue weighted by molar-refractivity contribution is -0.0569. The summed E-state index contributed by atoms with van der Waals surface area (Å²) in [7, 11) is 0. The molecule has 1 aliphatic carbocycles. The molecule has 0 unspecified atom stereocenters. The quantitative estimate of drug-likeness (QED) is 0.872. The molecule has 3 fully saturated rings. The van der Waals surface area contributed by atoms with Crippen LogP contribution >= 0.6 is 0 Å². The van der Waals surface area contributed by atoms with Crippen LogP contribution in [0.25, 0.3) is 11.2 Å². The summed E-state index contributed by atoms with van der Waals surface area (Å²) in [6.07, 6.45) is 8.73. The second kappa shape index (κ2) is 4.63. The summed E-state index contributed by atoms with van der Waals surface area (Å²) in [4.78, 5) is 13.3. The Labute approximate surface area is 128 Å². The molecule has 4 heterocycles. The van der Waals surface area contributed by atoms with Crippen LogP contribution < -0.4 is 5.32 Å². The molecular weight excluding hydrogens is 282 g/mol. The van der Waals surface area contributed by atoms with Crippen LogP contribution in [0.2, 0.25) is 0 Å². The van der Waals surface area contributed by atoms with Gasteiger partial charge in [0.15, 0.2) is 23.2 Å². The minimum absolute atomic E-state index is 0.126. The number of rotatable bonds is 3. The normalized spacial score (nSPS) is 34.2. The third-order valence-electron chi connectivity index (χ3n) is 4.99. The lowest BCUT2D eigenvalue weighted by atomic mass is 10.2. The molecule has 2 saturated heterocycles. The van der Waals surface area contributed by atoms with Gasteiger partial charge < -0.3 is 14.8 Å². The first-order valence-electron chi connectivity index (χ1n) is 8.06. The van der Waals surface area contributed by atoms with Gasteiger partial charge in [-0.05, 0) is 19.8 Å². The smallest absolute Gasteiger partial charge is 0.167 e. The zero-order chi connectivity index (χ0) is 14.7. The minimum Gasteiger partial charge on any atom is -0.365 e. The van der Waals surface area contributed by atoms with Crippen molar-refractivity contribution in [1.29, 1.82) is 0 Å². The van der Waals surface area contributed by atoms with Gasteiger partial charge in [0.1, 0.15) is 18.5 Å². The third-order valence-corrected chi connectivity index (χ3v) is 4.99. The molecule has 0 aromatic carbocycles. The van der Waals surface area contributed by atoms with E-state index >= 15 is 0 Å². The number of imidazole rings is 1. The van der Waals surface area contributed by atoms with E-state index in [4.69, 9.17) is 9.47 Å². The van der Waals surface area contributed by atoms with E-state index in [2.05, 4.69) is 20.3 Å². The van der Waals surface area contributed by atoms with Gasteiger partial charge in [0.25, 0.3) is 0 Å². The molecule has 2 aromatic rings. The van der Waals surface area contributed by atoms with Crippen molar-refractivity contribution in [1.82, 2.24) is 19.5 Å². The lowest BCUT2D eigenvalue weighted by Gasteiger charge is -2.16. The van der Waals surface area contributed by atoms with Gasteiger partial charge in [0.2, 0.25) is 0 Å². The largest absolute Gasteiger partial charge is 0.365 e. The van der Waals surface area contributed by atoms with Gasteiger partial charge in [-0.15, -0.1) is 0 Å². The van der Waals surface area contributed by atoms with Crippen LogP contribution in [0.15, 0.2) is 12.7 Å². The molecule has 7 nitrogen and oxygen atoms in total. The van der Waals surface area contributed by atoms with Crippen LogP contribution in [-0.2, 0) is 9.47 Å². The van der Waals surface area contributed by atoms with Crippen molar-refractivity contribution in [2.24, 2.45) is 0 Å². The zero-order valence-electron chi connectivity index (χ0n) is 12.5. The lowest BCUT2D eigenvalue weighted by Crippen LogP contribution is -2.17. The maximum Gasteiger partial charge on any atom is 0.167 e. The highest BCUT2D eigenvalue weighted by molar-refractivity contribution is 5.82. The average molecular weight is 301 g/mol. The molecule has 116 valence electrons. The fraction of sp³-hybridized carbons (Fsp3) is 0.667. The standard InChI is InChI=1S/C15H19N5O2/c1-8-11-12(22-11)15(21-8)20-7-18-10-13(16-6-17-14(10)20)19-9-4-2-3-5-9/h6-9,11-12,15H,2-5H2,1H3,(H,16,17,19)/t8-,11-,12-,15-/m1/s1. The zero-order valence-corrected chi connectivity index (χ0v) is 12.5. The van der Waals surface area contributed by atoms with Crippen molar-refractivity contribution in [3.05, 3.63) is 12.7 Å². The van der Waals surface area contributed by atoms with E-state index in [9.17, 15) is 0 Å². The van der Waals surface area contributed by atoms with Crippen molar-refractivity contribution < 1.29 is 9.47 Å². The molecule has 1 saturated carbocycles. The second-order valence-electron chi connectivity index (χ2n) is 6.47. The molecule has 4 atom stereocenters.